The van der Waals surface area contributed by atoms with Crippen LogP contribution in [0, 0.1) is 12.8 Å². The second kappa shape index (κ2) is 6.55. The molecule has 0 N–H and O–H groups in total. The molecule has 2 rings (SSSR count). The van der Waals surface area contributed by atoms with Gasteiger partial charge in [-0.25, -0.2) is 0 Å². The zero-order chi connectivity index (χ0) is 16.4. The molecule has 0 aliphatic heterocycles. The summed E-state index contributed by atoms with van der Waals surface area (Å²) in [5.74, 6) is 0.000526. The van der Waals surface area contributed by atoms with E-state index >= 15 is 0 Å². The van der Waals surface area contributed by atoms with E-state index < -0.39 is 22.6 Å². The van der Waals surface area contributed by atoms with Crippen molar-refractivity contribution in [3.05, 3.63) is 29.8 Å². The highest BCUT2D eigenvalue weighted by Crippen LogP contribution is 2.36. The minimum absolute atomic E-state index is 0.000526. The molecule has 8 heteroatoms. The molecule has 0 aromatic heterocycles. The molecule has 1 aromatic rings. The maximum atomic E-state index is 12.0. The molecule has 0 unspecified atom stereocenters. The average Bonchev–Trinajstić information content (AvgIpc) is 2.34. The summed E-state index contributed by atoms with van der Waals surface area (Å²) < 4.78 is 68.4. The van der Waals surface area contributed by atoms with Gasteiger partial charge in [0.15, 0.2) is 0 Å². The van der Waals surface area contributed by atoms with E-state index in [1.165, 1.54) is 12.1 Å². The first-order valence-electron chi connectivity index (χ1n) is 6.86. The van der Waals surface area contributed by atoms with Gasteiger partial charge in [-0.15, -0.1) is 13.2 Å². The van der Waals surface area contributed by atoms with Crippen molar-refractivity contribution < 1.29 is 30.5 Å². The highest BCUT2D eigenvalue weighted by Gasteiger charge is 2.39. The molecule has 1 aromatic carbocycles. The van der Waals surface area contributed by atoms with Crippen LogP contribution in [-0.2, 0) is 19.0 Å². The van der Waals surface area contributed by atoms with Crippen LogP contribution in [0.3, 0.4) is 0 Å². The van der Waals surface area contributed by atoms with Gasteiger partial charge in [-0.2, -0.15) is 8.42 Å². The smallest absolute Gasteiger partial charge is 0.289 e. The van der Waals surface area contributed by atoms with E-state index in [-0.39, 0.29) is 30.3 Å². The average molecular weight is 338 g/mol. The number of rotatable bonds is 6. The fourth-order valence-electron chi connectivity index (χ4n) is 2.29. The number of aryl methyl sites for hydroxylation is 1. The topological polar surface area (TPSA) is 52.6 Å². The molecule has 1 saturated carbocycles. The number of alkyl halides is 3. The maximum Gasteiger partial charge on any atom is 0.522 e. The highest BCUT2D eigenvalue weighted by atomic mass is 32.2. The molecule has 1 aliphatic carbocycles. The molecular weight excluding hydrogens is 321 g/mol. The van der Waals surface area contributed by atoms with Crippen LogP contribution in [0.25, 0.3) is 0 Å². The summed E-state index contributed by atoms with van der Waals surface area (Å²) >= 11 is 0. The first kappa shape index (κ1) is 17.2. The molecular formula is C14H17F3O4S. The van der Waals surface area contributed by atoms with Gasteiger partial charge < -0.3 is 0 Å². The van der Waals surface area contributed by atoms with Crippen molar-refractivity contribution in [2.24, 2.45) is 5.92 Å². The van der Waals surface area contributed by atoms with E-state index in [1.807, 2.05) is 6.92 Å². The Morgan fingerprint density at radius 3 is 2.32 bits per heavy atom. The standard InChI is InChI=1S/C14H17F3O4S/c1-10-2-4-13(5-3-10)22(18,19)20-7-6-11-8-12(9-11)21-14(15,16)17/h2-5,11-12H,6-9H2,1H3/t11-,12+. The van der Waals surface area contributed by atoms with Crippen molar-refractivity contribution in [1.82, 2.24) is 0 Å². The lowest BCUT2D eigenvalue weighted by atomic mass is 9.80. The normalized spacial score (nSPS) is 22.4. The molecule has 4 nitrogen and oxygen atoms in total. The van der Waals surface area contributed by atoms with Gasteiger partial charge in [0, 0.05) is 0 Å². The summed E-state index contributed by atoms with van der Waals surface area (Å²) in [7, 11) is -3.81. The summed E-state index contributed by atoms with van der Waals surface area (Å²) in [5.41, 5.74) is 0.934. The molecule has 22 heavy (non-hydrogen) atoms. The molecule has 0 atom stereocenters. The predicted octanol–water partition coefficient (Wildman–Crippen LogP) is 3.41. The Labute approximate surface area is 127 Å². The quantitative estimate of drug-likeness (QED) is 0.746. The fraction of sp³-hybridized carbons (Fsp3) is 0.571. The van der Waals surface area contributed by atoms with Crippen LogP contribution in [0.2, 0.25) is 0 Å². The van der Waals surface area contributed by atoms with Crippen LogP contribution in [0.1, 0.15) is 24.8 Å². The Morgan fingerprint density at radius 2 is 1.77 bits per heavy atom. The van der Waals surface area contributed by atoms with Crippen LogP contribution in [-0.4, -0.2) is 27.5 Å². The number of halogens is 3. The summed E-state index contributed by atoms with van der Waals surface area (Å²) in [5, 5.41) is 0. The van der Waals surface area contributed by atoms with Gasteiger partial charge in [0.25, 0.3) is 10.1 Å². The van der Waals surface area contributed by atoms with Crippen molar-refractivity contribution in [3.63, 3.8) is 0 Å². The lowest BCUT2D eigenvalue weighted by molar-refractivity contribution is -0.354. The fourth-order valence-corrected chi connectivity index (χ4v) is 3.21. The lowest BCUT2D eigenvalue weighted by Crippen LogP contribution is -2.36. The highest BCUT2D eigenvalue weighted by molar-refractivity contribution is 7.86. The van der Waals surface area contributed by atoms with Gasteiger partial charge in [0.1, 0.15) is 0 Å². The van der Waals surface area contributed by atoms with E-state index in [1.54, 1.807) is 12.1 Å². The summed E-state index contributed by atoms with van der Waals surface area (Å²) in [6.45, 7) is 1.80. The van der Waals surface area contributed by atoms with E-state index in [0.717, 1.165) is 5.56 Å². The Kier molecular flexibility index (Phi) is 5.14. The van der Waals surface area contributed by atoms with Crippen LogP contribution in [0.15, 0.2) is 29.2 Å². The van der Waals surface area contributed by atoms with Gasteiger partial charge in [-0.3, -0.25) is 8.92 Å². The summed E-state index contributed by atoms with van der Waals surface area (Å²) in [6, 6.07) is 6.25. The first-order chi connectivity index (χ1) is 10.2. The Morgan fingerprint density at radius 1 is 1.18 bits per heavy atom. The molecule has 0 radical (unpaired) electrons. The van der Waals surface area contributed by atoms with Crippen molar-refractivity contribution in [2.75, 3.05) is 6.61 Å². The van der Waals surface area contributed by atoms with Gasteiger partial charge >= 0.3 is 6.36 Å². The van der Waals surface area contributed by atoms with Crippen molar-refractivity contribution in [1.29, 1.82) is 0 Å². The van der Waals surface area contributed by atoms with Crippen molar-refractivity contribution in [3.8, 4) is 0 Å². The molecule has 0 saturated heterocycles. The Hall–Kier alpha value is -1.12. The lowest BCUT2D eigenvalue weighted by Gasteiger charge is -2.35. The third kappa shape index (κ3) is 4.96. The van der Waals surface area contributed by atoms with E-state index in [2.05, 4.69) is 4.74 Å². The van der Waals surface area contributed by atoms with Gasteiger partial charge in [0.05, 0.1) is 17.6 Å². The molecule has 0 heterocycles. The molecule has 0 amide bonds. The van der Waals surface area contributed by atoms with Crippen molar-refractivity contribution in [2.45, 2.75) is 43.5 Å². The molecule has 1 fully saturated rings. The number of hydrogen-bond acceptors (Lipinski definition) is 4. The number of benzene rings is 1. The van der Waals surface area contributed by atoms with E-state index in [4.69, 9.17) is 4.18 Å². The van der Waals surface area contributed by atoms with E-state index in [0.29, 0.717) is 6.42 Å². The van der Waals surface area contributed by atoms with Crippen LogP contribution in [0.5, 0.6) is 0 Å². The second-order valence-corrected chi connectivity index (χ2v) is 7.02. The third-order valence-electron chi connectivity index (χ3n) is 3.57. The van der Waals surface area contributed by atoms with Crippen molar-refractivity contribution >= 4 is 10.1 Å². The van der Waals surface area contributed by atoms with Crippen LogP contribution in [0.4, 0.5) is 13.2 Å². The predicted molar refractivity (Wildman–Crippen MR) is 72.6 cm³/mol. The Bertz CT molecular complexity index is 590. The third-order valence-corrected chi connectivity index (χ3v) is 4.89. The zero-order valence-electron chi connectivity index (χ0n) is 12.0. The summed E-state index contributed by atoms with van der Waals surface area (Å²) in [6.07, 6.45) is -4.50. The van der Waals surface area contributed by atoms with Gasteiger partial charge in [-0.05, 0) is 44.2 Å². The zero-order valence-corrected chi connectivity index (χ0v) is 12.8. The monoisotopic (exact) mass is 338 g/mol. The minimum Gasteiger partial charge on any atom is -0.289 e. The Balaban J connectivity index is 1.72. The first-order valence-corrected chi connectivity index (χ1v) is 8.27. The number of ether oxygens (including phenoxy) is 1. The van der Waals surface area contributed by atoms with Gasteiger partial charge in [-0.1, -0.05) is 17.7 Å². The van der Waals surface area contributed by atoms with Crippen LogP contribution < -0.4 is 0 Å². The SMILES string of the molecule is Cc1ccc(S(=O)(=O)OCC[C@H]2C[C@@H](OC(F)(F)F)C2)cc1. The number of hydrogen-bond donors (Lipinski definition) is 0. The summed E-state index contributed by atoms with van der Waals surface area (Å²) in [4.78, 5) is 0.0741. The maximum absolute atomic E-state index is 12.0. The second-order valence-electron chi connectivity index (χ2n) is 5.40. The van der Waals surface area contributed by atoms with E-state index in [9.17, 15) is 21.6 Å². The van der Waals surface area contributed by atoms with Gasteiger partial charge in [0.2, 0.25) is 0 Å². The van der Waals surface area contributed by atoms with Crippen LogP contribution >= 0.6 is 0 Å². The molecule has 1 aliphatic rings. The largest absolute Gasteiger partial charge is 0.522 e. The molecule has 0 bridgehead atoms. The molecule has 124 valence electrons. The molecule has 0 spiro atoms. The minimum atomic E-state index is -4.61.